The molecule has 0 aromatic heterocycles. The summed E-state index contributed by atoms with van der Waals surface area (Å²) >= 11 is 0. The molecule has 2 rings (SSSR count). The summed E-state index contributed by atoms with van der Waals surface area (Å²) in [7, 11) is 0. The third kappa shape index (κ3) is 3.79. The molecule has 0 radical (unpaired) electrons. The molecule has 0 bridgehead atoms. The minimum absolute atomic E-state index is 0.178. The Labute approximate surface area is 127 Å². The Morgan fingerprint density at radius 1 is 0.727 bits per heavy atom. The molecule has 2 aromatic rings. The normalized spacial score (nSPS) is 9.86. The molecule has 0 aliphatic rings. The van der Waals surface area contributed by atoms with Crippen LogP contribution in [0.3, 0.4) is 0 Å². The highest BCUT2D eigenvalue weighted by Gasteiger charge is 2.15. The van der Waals surface area contributed by atoms with Crippen molar-refractivity contribution in [2.45, 2.75) is 6.92 Å². The first-order chi connectivity index (χ1) is 10.6. The van der Waals surface area contributed by atoms with Gasteiger partial charge in [0.15, 0.2) is 0 Å². The second-order valence-corrected chi connectivity index (χ2v) is 4.34. The maximum atomic E-state index is 11.9. The van der Waals surface area contributed by atoms with Crippen LogP contribution in [0.5, 0.6) is 0 Å². The van der Waals surface area contributed by atoms with Gasteiger partial charge in [-0.1, -0.05) is 18.2 Å². The molecule has 5 heteroatoms. The van der Waals surface area contributed by atoms with E-state index in [0.717, 1.165) is 0 Å². The van der Waals surface area contributed by atoms with Gasteiger partial charge < -0.3 is 9.47 Å². The van der Waals surface area contributed by atoms with Crippen molar-refractivity contribution in [3.63, 3.8) is 0 Å². The first-order valence-electron chi connectivity index (χ1n) is 6.70. The SMILES string of the molecule is CCOC(=O)c1ccc(C(=O)OC(=O)c2ccccc2)cc1. The van der Waals surface area contributed by atoms with Crippen molar-refractivity contribution in [1.82, 2.24) is 0 Å². The fourth-order valence-corrected chi connectivity index (χ4v) is 1.73. The van der Waals surface area contributed by atoms with E-state index in [1.807, 2.05) is 0 Å². The van der Waals surface area contributed by atoms with Gasteiger partial charge in [0.1, 0.15) is 0 Å². The number of benzene rings is 2. The average Bonchev–Trinajstić information content (AvgIpc) is 2.56. The van der Waals surface area contributed by atoms with E-state index in [9.17, 15) is 14.4 Å². The zero-order valence-corrected chi connectivity index (χ0v) is 11.9. The third-order valence-electron chi connectivity index (χ3n) is 2.83. The van der Waals surface area contributed by atoms with Crippen LogP contribution < -0.4 is 0 Å². The van der Waals surface area contributed by atoms with Gasteiger partial charge in [0.25, 0.3) is 0 Å². The second-order valence-electron chi connectivity index (χ2n) is 4.34. The van der Waals surface area contributed by atoms with Gasteiger partial charge in [-0.15, -0.1) is 0 Å². The van der Waals surface area contributed by atoms with Crippen LogP contribution >= 0.6 is 0 Å². The van der Waals surface area contributed by atoms with Crippen molar-refractivity contribution in [3.8, 4) is 0 Å². The van der Waals surface area contributed by atoms with E-state index < -0.39 is 17.9 Å². The molecule has 0 spiro atoms. The molecule has 0 saturated carbocycles. The van der Waals surface area contributed by atoms with Crippen LogP contribution in [-0.2, 0) is 9.47 Å². The van der Waals surface area contributed by atoms with Gasteiger partial charge in [0, 0.05) is 0 Å². The summed E-state index contributed by atoms with van der Waals surface area (Å²) in [6.45, 7) is 1.98. The number of carbonyl (C=O) groups is 3. The van der Waals surface area contributed by atoms with Gasteiger partial charge in [-0.25, -0.2) is 14.4 Å². The third-order valence-corrected chi connectivity index (χ3v) is 2.83. The van der Waals surface area contributed by atoms with Gasteiger partial charge in [-0.05, 0) is 43.3 Å². The highest BCUT2D eigenvalue weighted by molar-refractivity contribution is 6.03. The fraction of sp³-hybridized carbons (Fsp3) is 0.118. The number of ether oxygens (including phenoxy) is 2. The van der Waals surface area contributed by atoms with E-state index in [2.05, 4.69) is 0 Å². The minimum Gasteiger partial charge on any atom is -0.462 e. The summed E-state index contributed by atoms with van der Waals surface area (Å²) in [6.07, 6.45) is 0. The molecule has 0 amide bonds. The lowest BCUT2D eigenvalue weighted by molar-refractivity contribution is 0.0395. The molecule has 112 valence electrons. The Morgan fingerprint density at radius 3 is 1.68 bits per heavy atom. The molecule has 0 aliphatic heterocycles. The molecule has 0 heterocycles. The topological polar surface area (TPSA) is 69.7 Å². The number of rotatable bonds is 4. The van der Waals surface area contributed by atoms with E-state index in [-0.39, 0.29) is 12.2 Å². The lowest BCUT2D eigenvalue weighted by Gasteiger charge is -2.04. The van der Waals surface area contributed by atoms with Crippen LogP contribution in [0.1, 0.15) is 38.0 Å². The van der Waals surface area contributed by atoms with Crippen molar-refractivity contribution >= 4 is 17.9 Å². The van der Waals surface area contributed by atoms with E-state index >= 15 is 0 Å². The predicted octanol–water partition coefficient (Wildman–Crippen LogP) is 2.86. The van der Waals surface area contributed by atoms with Crippen LogP contribution in [0.15, 0.2) is 54.6 Å². The fourth-order valence-electron chi connectivity index (χ4n) is 1.73. The maximum Gasteiger partial charge on any atom is 0.346 e. The molecular formula is C17H14O5. The molecule has 0 N–H and O–H groups in total. The molecule has 0 aliphatic carbocycles. The number of esters is 3. The molecule has 0 unspecified atom stereocenters. The highest BCUT2D eigenvalue weighted by Crippen LogP contribution is 2.09. The van der Waals surface area contributed by atoms with Crippen molar-refractivity contribution < 1.29 is 23.9 Å². The second kappa shape index (κ2) is 7.17. The highest BCUT2D eigenvalue weighted by atomic mass is 16.6. The smallest absolute Gasteiger partial charge is 0.346 e. The summed E-state index contributed by atoms with van der Waals surface area (Å²) < 4.78 is 9.62. The summed E-state index contributed by atoms with van der Waals surface area (Å²) in [6, 6.07) is 13.9. The largest absolute Gasteiger partial charge is 0.462 e. The van der Waals surface area contributed by atoms with E-state index in [1.54, 1.807) is 37.3 Å². The lowest BCUT2D eigenvalue weighted by atomic mass is 10.1. The van der Waals surface area contributed by atoms with Crippen molar-refractivity contribution in [3.05, 3.63) is 71.3 Å². The van der Waals surface area contributed by atoms with Gasteiger partial charge in [0.2, 0.25) is 0 Å². The van der Waals surface area contributed by atoms with Crippen molar-refractivity contribution in [1.29, 1.82) is 0 Å². The predicted molar refractivity (Wildman–Crippen MR) is 78.6 cm³/mol. The number of carbonyl (C=O) groups excluding carboxylic acids is 3. The van der Waals surface area contributed by atoms with Gasteiger partial charge in [0.05, 0.1) is 23.3 Å². The summed E-state index contributed by atoms with van der Waals surface area (Å²) in [4.78, 5) is 35.1. The number of hydrogen-bond acceptors (Lipinski definition) is 5. The average molecular weight is 298 g/mol. The zero-order valence-electron chi connectivity index (χ0n) is 11.9. The number of hydrogen-bond donors (Lipinski definition) is 0. The van der Waals surface area contributed by atoms with Gasteiger partial charge >= 0.3 is 17.9 Å². The Bertz CT molecular complexity index is 674. The monoisotopic (exact) mass is 298 g/mol. The molecular weight excluding hydrogens is 284 g/mol. The van der Waals surface area contributed by atoms with E-state index in [1.165, 1.54) is 24.3 Å². The molecule has 5 nitrogen and oxygen atoms in total. The molecule has 22 heavy (non-hydrogen) atoms. The summed E-state index contributed by atoms with van der Waals surface area (Å²) in [5.74, 6) is -1.97. The molecule has 0 saturated heterocycles. The molecule has 0 atom stereocenters. The van der Waals surface area contributed by atoms with E-state index in [4.69, 9.17) is 9.47 Å². The van der Waals surface area contributed by atoms with Crippen LogP contribution in [0.4, 0.5) is 0 Å². The Kier molecular flexibility index (Phi) is 5.03. The van der Waals surface area contributed by atoms with E-state index in [0.29, 0.717) is 11.1 Å². The first-order valence-corrected chi connectivity index (χ1v) is 6.70. The Balaban J connectivity index is 2.04. The van der Waals surface area contributed by atoms with Gasteiger partial charge in [-0.3, -0.25) is 0 Å². The standard InChI is InChI=1S/C17H14O5/c1-2-21-15(18)13-8-10-14(11-9-13)17(20)22-16(19)12-6-4-3-5-7-12/h3-11H,2H2,1H3. The van der Waals surface area contributed by atoms with Crippen molar-refractivity contribution in [2.75, 3.05) is 6.61 Å². The zero-order chi connectivity index (χ0) is 15.9. The van der Waals surface area contributed by atoms with Crippen molar-refractivity contribution in [2.24, 2.45) is 0 Å². The lowest BCUT2D eigenvalue weighted by Crippen LogP contribution is -2.13. The van der Waals surface area contributed by atoms with Crippen LogP contribution in [0.25, 0.3) is 0 Å². The maximum absolute atomic E-state index is 11.9. The Hall–Kier alpha value is -2.95. The quantitative estimate of drug-likeness (QED) is 0.641. The summed E-state index contributed by atoms with van der Waals surface area (Å²) in [5, 5.41) is 0. The van der Waals surface area contributed by atoms with Crippen LogP contribution in [0, 0.1) is 0 Å². The summed E-state index contributed by atoms with van der Waals surface area (Å²) in [5.41, 5.74) is 0.795. The first kappa shape index (κ1) is 15.4. The molecule has 2 aromatic carbocycles. The Morgan fingerprint density at radius 2 is 1.18 bits per heavy atom. The van der Waals surface area contributed by atoms with Gasteiger partial charge in [-0.2, -0.15) is 0 Å². The molecule has 0 fully saturated rings. The minimum atomic E-state index is -0.774. The van der Waals surface area contributed by atoms with Crippen LogP contribution in [-0.4, -0.2) is 24.5 Å². The van der Waals surface area contributed by atoms with Crippen LogP contribution in [0.2, 0.25) is 0 Å².